The molecule has 82 heavy (non-hydrogen) atoms. The maximum absolute atomic E-state index is 12.1. The number of hydrogen-bond donors (Lipinski definition) is 12. The van der Waals surface area contributed by atoms with Crippen LogP contribution in [0.25, 0.3) is 0 Å². The van der Waals surface area contributed by atoms with Crippen molar-refractivity contribution in [3.05, 3.63) is 0 Å². The molecule has 0 aromatic heterocycles. The number of hydrogen-bond acceptors (Lipinski definition) is 23. The van der Waals surface area contributed by atoms with Crippen molar-refractivity contribution in [2.45, 2.75) is 162 Å². The Morgan fingerprint density at radius 2 is 0.793 bits per heavy atom. The van der Waals surface area contributed by atoms with Crippen LogP contribution in [0.15, 0.2) is 4.99 Å². The number of halogens is 1. The molecule has 0 aromatic carbocycles. The number of aliphatic imine (C=N–C) groups is 1. The van der Waals surface area contributed by atoms with E-state index in [9.17, 15) is 22.7 Å². The molecule has 20 atom stereocenters. The van der Waals surface area contributed by atoms with Gasteiger partial charge in [0.15, 0.2) is 5.96 Å². The number of methoxy groups -OCH3 is 4. The Kier molecular flexibility index (Phi) is 37.9. The van der Waals surface area contributed by atoms with E-state index in [2.05, 4.69) is 41.0 Å². The maximum atomic E-state index is 12.1. The van der Waals surface area contributed by atoms with Crippen LogP contribution in [0, 0.1) is 0 Å². The summed E-state index contributed by atoms with van der Waals surface area (Å²) >= 11 is 4.08. The van der Waals surface area contributed by atoms with Gasteiger partial charge in [-0.15, -0.1) is 0 Å². The summed E-state index contributed by atoms with van der Waals surface area (Å²) in [4.78, 5) is 74.4. The minimum Gasteiger partial charge on any atom is -0.376 e. The molecule has 0 aromatic rings. The third-order valence-electron chi connectivity index (χ3n) is 11.9. The number of nitrogens with zero attached hydrogens (tertiary/aromatic N) is 1. The molecule has 4 aliphatic rings. The molecule has 474 valence electrons. The predicted octanol–water partition coefficient (Wildman–Crippen LogP) is -2.72. The number of nitrogens with one attached hydrogen (secondary N) is 1. The van der Waals surface area contributed by atoms with E-state index in [0.717, 1.165) is 19.4 Å². The molecule has 4 rings (SSSR count). The van der Waals surface area contributed by atoms with Crippen LogP contribution in [-0.4, -0.2) is 286 Å². The fourth-order valence-corrected chi connectivity index (χ4v) is 10.9. The van der Waals surface area contributed by atoms with Gasteiger partial charge in [-0.05, 0) is 59.9 Å². The Balaban J connectivity index is 0.000000547. The Bertz CT molecular complexity index is 2000. The molecule has 0 spiro atoms. The molecule has 4 heterocycles. The molecule has 0 saturated carbocycles. The predicted molar refractivity (Wildman–Crippen MR) is 294 cm³/mol. The molecule has 4 saturated heterocycles. The van der Waals surface area contributed by atoms with Crippen molar-refractivity contribution in [2.24, 2.45) is 16.5 Å². The van der Waals surface area contributed by atoms with Crippen LogP contribution >= 0.6 is 43.9 Å². The van der Waals surface area contributed by atoms with Gasteiger partial charge in [-0.1, -0.05) is 0 Å². The van der Waals surface area contributed by atoms with Crippen LogP contribution in [0.3, 0.4) is 0 Å². The van der Waals surface area contributed by atoms with E-state index in [4.69, 9.17) is 139 Å². The van der Waals surface area contributed by atoms with Crippen molar-refractivity contribution in [3.8, 4) is 0 Å². The highest BCUT2D eigenvalue weighted by Gasteiger charge is 2.51. The highest BCUT2D eigenvalue weighted by Crippen LogP contribution is 2.44. The minimum absolute atomic E-state index is 0.0552. The SMILES string of the molecule is [B][C@@H]1O[C@H](C(C)OP(=O)(O)O)[C@@H](OC)[C@H]1OCCCNC.[B][C@@H]1O[C@H](C(C)OP(=O)(O)O)[C@@H](OC)[C@H]1OCCCS.[B][C@@H]1O[C@H](C(C)OP(=O)(O)O)[C@@H](OC)[C@H]1OCCF.[B][C@@H]1O[C@H](C(C)OP(=O)(O)O)[C@@H](OC)[C@H]1OCCN=C(N)N. The zero-order valence-electron chi connectivity index (χ0n) is 46.9. The van der Waals surface area contributed by atoms with E-state index in [1.165, 1.54) is 56.1 Å². The third kappa shape index (κ3) is 29.4. The van der Waals surface area contributed by atoms with E-state index >= 15 is 0 Å². The van der Waals surface area contributed by atoms with Crippen LogP contribution in [0.2, 0.25) is 0 Å². The molecule has 4 fully saturated rings. The molecule has 4 aliphatic heterocycles. The molecule has 42 heteroatoms. The van der Waals surface area contributed by atoms with Crippen molar-refractivity contribution in [2.75, 3.05) is 87.4 Å². The van der Waals surface area contributed by atoms with Gasteiger partial charge >= 0.3 is 31.3 Å². The first-order chi connectivity index (χ1) is 38.0. The van der Waals surface area contributed by atoms with E-state index < -0.39 is 160 Å². The number of alkyl halides is 1. The number of rotatable bonds is 32. The largest absolute Gasteiger partial charge is 0.469 e. The summed E-state index contributed by atoms with van der Waals surface area (Å²) in [5, 5.41) is 3.00. The fourth-order valence-electron chi connectivity index (χ4n) is 8.59. The monoisotopic (exact) mass is 1280 g/mol. The average molecular weight is 1280 g/mol. The van der Waals surface area contributed by atoms with Gasteiger partial charge in [-0.25, -0.2) is 22.7 Å². The van der Waals surface area contributed by atoms with E-state index in [1.54, 1.807) is 0 Å². The second-order valence-corrected chi connectivity index (χ2v) is 23.4. The Hall–Kier alpha value is -0.270. The lowest BCUT2D eigenvalue weighted by Crippen LogP contribution is -2.41. The van der Waals surface area contributed by atoms with Crippen LogP contribution in [-0.2, 0) is 93.2 Å². The summed E-state index contributed by atoms with van der Waals surface area (Å²) < 4.78 is 139. The van der Waals surface area contributed by atoms with Gasteiger partial charge in [0.1, 0.15) is 111 Å². The lowest BCUT2D eigenvalue weighted by molar-refractivity contribution is -0.0700. The molecule has 8 radical (unpaired) electrons. The van der Waals surface area contributed by atoms with Gasteiger partial charge in [0.25, 0.3) is 0 Å². The topological polar surface area (TPSA) is 454 Å². The summed E-state index contributed by atoms with van der Waals surface area (Å²) in [6, 6.07) is -3.20. The highest BCUT2D eigenvalue weighted by atomic mass is 32.1. The average Bonchev–Trinajstić information content (AvgIpc) is 4.31. The zero-order chi connectivity index (χ0) is 62.9. The molecule has 32 nitrogen and oxygen atoms in total. The number of guanidine groups is 1. The maximum Gasteiger partial charge on any atom is 0.469 e. The quantitative estimate of drug-likeness (QED) is 0.00813. The number of thiol groups is 1. The first-order valence-electron chi connectivity index (χ1n) is 25.1. The molecular weight excluding hydrogens is 1200 g/mol. The smallest absolute Gasteiger partial charge is 0.376 e. The third-order valence-corrected chi connectivity index (χ3v) is 14.6. The number of phosphoric acid groups is 4. The van der Waals surface area contributed by atoms with Gasteiger partial charge < -0.3 is 113 Å². The lowest BCUT2D eigenvalue weighted by atomic mass is 9.92. The highest BCUT2D eigenvalue weighted by molar-refractivity contribution is 7.80. The van der Waals surface area contributed by atoms with Crippen molar-refractivity contribution in [1.29, 1.82) is 0 Å². The summed E-state index contributed by atoms with van der Waals surface area (Å²) in [6.45, 7) is 7.15. The van der Waals surface area contributed by atoms with Crippen molar-refractivity contribution in [3.63, 3.8) is 0 Å². The van der Waals surface area contributed by atoms with Gasteiger partial charge in [-0.2, -0.15) is 12.6 Å². The van der Waals surface area contributed by atoms with Crippen LogP contribution < -0.4 is 16.8 Å². The van der Waals surface area contributed by atoms with Crippen molar-refractivity contribution < 1.29 is 137 Å². The number of nitrogens with two attached hydrogens (primary N) is 2. The molecule has 4 unspecified atom stereocenters. The van der Waals surface area contributed by atoms with Crippen molar-refractivity contribution >= 4 is 81.3 Å². The lowest BCUT2D eigenvalue weighted by Gasteiger charge is -2.26. The van der Waals surface area contributed by atoms with Gasteiger partial charge in [0.2, 0.25) is 0 Å². The number of ether oxygens (including phenoxy) is 12. The van der Waals surface area contributed by atoms with Crippen LogP contribution in [0.4, 0.5) is 4.39 Å². The normalized spacial score (nSPS) is 31.8. The minimum atomic E-state index is -4.65. The molecule has 13 N–H and O–H groups in total. The summed E-state index contributed by atoms with van der Waals surface area (Å²) in [5.41, 5.74) is 10.4. The van der Waals surface area contributed by atoms with Crippen molar-refractivity contribution in [1.82, 2.24) is 5.32 Å². The molecule has 0 bridgehead atoms. The van der Waals surface area contributed by atoms with Gasteiger partial charge in [-0.3, -0.25) is 23.1 Å². The molecular formula is C40H81B4FN4O28P4S. The summed E-state index contributed by atoms with van der Waals surface area (Å²) in [5.74, 6) is 0.627. The second kappa shape index (κ2) is 39.0. The van der Waals surface area contributed by atoms with E-state index in [1.807, 2.05) is 7.05 Å². The standard InChI is InChI=1S/C11H23BNO7P.C10H21BN3O7P.C10H20BO7PS.C9H17BFO7P/c1-7(20-21(14,15)16)8-9(17-3)10(11(12)19-8)18-6-4-5-13-2;1-5(21-22(15,16)17)6-7(18-2)8(9(11)20-6)19-4-3-14-10(12)13;1-6(18-19(12,13)14)7-8(15-2)9(10(11)17-7)16-4-3-5-20;1-5(18-19(12,13)14)6-7(15-2)8(9(10)17-6)16-4-3-11/h7-11,13H,4-6H2,1-3H3,(H2,14,15,16);5-9H,3-4H2,1-2H3,(H4,12,13,14)(H2,15,16,17);6-10,20H,3-5H2,1-2H3,(H2,12,13,14);5-9H,3-4H2,1-2H3,(H2,12,13,14)/t7?,8-,9-,10-,11-;5?,6-,7-,8-,9-;6?,7-,8-,9-,10-;5?,6-,7-,8-,9-/m1111/s1. The van der Waals surface area contributed by atoms with E-state index in [-0.39, 0.29) is 25.7 Å². The first-order valence-corrected chi connectivity index (χ1v) is 31.8. The molecule has 0 amide bonds. The molecule has 0 aliphatic carbocycles. The Morgan fingerprint density at radius 1 is 0.524 bits per heavy atom. The second-order valence-electron chi connectivity index (χ2n) is 18.1. The summed E-state index contributed by atoms with van der Waals surface area (Å²) in [7, 11) is 12.2. The van der Waals surface area contributed by atoms with Crippen LogP contribution in [0.1, 0.15) is 40.5 Å². The Morgan fingerprint density at radius 3 is 1.02 bits per heavy atom. The summed E-state index contributed by atoms with van der Waals surface area (Å²) in [6.07, 6.45) is -10.1. The number of phosphoric ester groups is 4. The fraction of sp³-hybridized carbons (Fsp3) is 0.975. The first kappa shape index (κ1) is 79.7. The van der Waals surface area contributed by atoms with Gasteiger partial charge in [0, 0.05) is 65.7 Å². The Labute approximate surface area is 487 Å². The van der Waals surface area contributed by atoms with Crippen LogP contribution in [0.5, 0.6) is 0 Å². The zero-order valence-corrected chi connectivity index (χ0v) is 51.4. The van der Waals surface area contributed by atoms with Gasteiger partial charge in [0.05, 0.1) is 44.2 Å². The van der Waals surface area contributed by atoms with E-state index in [0.29, 0.717) is 19.0 Å².